The van der Waals surface area contributed by atoms with E-state index in [0.29, 0.717) is 11.1 Å². The lowest BCUT2D eigenvalue weighted by molar-refractivity contribution is -1.00. The highest BCUT2D eigenvalue weighted by atomic mass is 16.6. The molecule has 0 aromatic heterocycles. The van der Waals surface area contributed by atoms with Crippen molar-refractivity contribution in [2.75, 3.05) is 13.1 Å². The van der Waals surface area contributed by atoms with E-state index in [1.54, 1.807) is 60.7 Å². The lowest BCUT2D eigenvalue weighted by atomic mass is 10.1. The van der Waals surface area contributed by atoms with Gasteiger partial charge in [0.2, 0.25) is 0 Å². The summed E-state index contributed by atoms with van der Waals surface area (Å²) < 4.78 is 0. The van der Waals surface area contributed by atoms with Gasteiger partial charge in [-0.2, -0.15) is 0 Å². The van der Waals surface area contributed by atoms with Crippen molar-refractivity contribution in [1.29, 1.82) is 0 Å². The Morgan fingerprint density at radius 2 is 0.929 bits per heavy atom. The molecule has 0 fully saturated rings. The molecular weight excluding hydrogens is 368 g/mol. The Hall–Kier alpha value is -3.56. The third-order valence-electron chi connectivity index (χ3n) is 4.17. The van der Waals surface area contributed by atoms with Crippen LogP contribution in [-0.4, -0.2) is 44.7 Å². The van der Waals surface area contributed by atoms with Gasteiger partial charge in [-0.3, -0.25) is 20.2 Å². The van der Waals surface area contributed by atoms with Gasteiger partial charge in [0, 0.05) is 32.4 Å². The van der Waals surface area contributed by atoms with Gasteiger partial charge in [0.15, 0.2) is 0 Å². The first-order chi connectivity index (χ1) is 13.4. The van der Waals surface area contributed by atoms with Crippen molar-refractivity contribution in [2.24, 2.45) is 0 Å². The molecule has 10 heteroatoms. The van der Waals surface area contributed by atoms with Crippen molar-refractivity contribution in [3.63, 3.8) is 0 Å². The molecule has 2 aromatic rings. The number of azo groups is 1. The van der Waals surface area contributed by atoms with E-state index in [1.807, 2.05) is 0 Å². The van der Waals surface area contributed by atoms with Crippen molar-refractivity contribution in [3.8, 4) is 0 Å². The fourth-order valence-electron chi connectivity index (χ4n) is 2.86. The second-order valence-corrected chi connectivity index (χ2v) is 6.32. The molecule has 28 heavy (non-hydrogen) atoms. The summed E-state index contributed by atoms with van der Waals surface area (Å²) in [7, 11) is 0. The summed E-state index contributed by atoms with van der Waals surface area (Å²) in [6, 6.07) is 14.6. The van der Waals surface area contributed by atoms with E-state index >= 15 is 0 Å². The average molecular weight is 388 g/mol. The molecule has 2 aromatic carbocycles. The summed E-state index contributed by atoms with van der Waals surface area (Å²) in [5.74, 6) is 0. The SMILES string of the molecule is O=[N+]([O-])CC(Cc1ccccc1)/[N+]([O-])=[N+](\[O-])C(Cc1ccccc1)C[N+](=O)[O-]. The van der Waals surface area contributed by atoms with Crippen LogP contribution in [0.1, 0.15) is 11.1 Å². The van der Waals surface area contributed by atoms with Gasteiger partial charge in [-0.1, -0.05) is 60.7 Å². The smallest absolute Gasteiger partial charge is 0.296 e. The highest BCUT2D eigenvalue weighted by Gasteiger charge is 2.36. The maximum atomic E-state index is 12.6. The van der Waals surface area contributed by atoms with Crippen LogP contribution < -0.4 is 0 Å². The number of benzene rings is 2. The molecule has 0 N–H and O–H groups in total. The van der Waals surface area contributed by atoms with Crippen LogP contribution in [0.25, 0.3) is 0 Å². The van der Waals surface area contributed by atoms with Crippen LogP contribution in [0.15, 0.2) is 60.7 Å². The van der Waals surface area contributed by atoms with Gasteiger partial charge in [0.1, 0.15) is 0 Å². The number of hydrogen-bond donors (Lipinski definition) is 0. The van der Waals surface area contributed by atoms with E-state index in [-0.39, 0.29) is 22.6 Å². The lowest BCUT2D eigenvalue weighted by Crippen LogP contribution is -2.42. The van der Waals surface area contributed by atoms with Crippen LogP contribution in [0, 0.1) is 30.6 Å². The first-order valence-electron chi connectivity index (χ1n) is 8.61. The van der Waals surface area contributed by atoms with Crippen LogP contribution in [0.5, 0.6) is 0 Å². The van der Waals surface area contributed by atoms with Gasteiger partial charge < -0.3 is 10.4 Å². The maximum Gasteiger partial charge on any atom is 0.296 e. The first kappa shape index (κ1) is 20.7. The predicted molar refractivity (Wildman–Crippen MR) is 98.8 cm³/mol. The summed E-state index contributed by atoms with van der Waals surface area (Å²) in [6.45, 7) is -1.51. The fourth-order valence-corrected chi connectivity index (χ4v) is 2.86. The average Bonchev–Trinajstić information content (AvgIpc) is 2.67. The van der Waals surface area contributed by atoms with Crippen LogP contribution in [-0.2, 0) is 12.8 Å². The van der Waals surface area contributed by atoms with Crippen molar-refractivity contribution in [1.82, 2.24) is 0 Å². The summed E-state index contributed by atoms with van der Waals surface area (Å²) in [5, 5.41) is 47.2. The zero-order valence-corrected chi connectivity index (χ0v) is 15.0. The molecule has 0 amide bonds. The van der Waals surface area contributed by atoms with Gasteiger partial charge in [0.25, 0.3) is 25.2 Å². The summed E-state index contributed by atoms with van der Waals surface area (Å²) in [4.78, 5) is 20.5. The minimum absolute atomic E-state index is 0.0272. The van der Waals surface area contributed by atoms with Crippen molar-refractivity contribution >= 4 is 0 Å². The quantitative estimate of drug-likeness (QED) is 0.265. The Morgan fingerprint density at radius 3 is 1.21 bits per heavy atom. The number of nitro groups is 2. The minimum Gasteiger partial charge on any atom is -0.567 e. The van der Waals surface area contributed by atoms with Crippen LogP contribution in [0.3, 0.4) is 0 Å². The van der Waals surface area contributed by atoms with E-state index in [4.69, 9.17) is 0 Å². The van der Waals surface area contributed by atoms with Gasteiger partial charge in [0.05, 0.1) is 0 Å². The molecule has 2 atom stereocenters. The molecule has 2 rings (SSSR count). The fraction of sp³-hybridized carbons (Fsp3) is 0.333. The zero-order valence-electron chi connectivity index (χ0n) is 15.0. The Labute approximate surface area is 160 Å². The van der Waals surface area contributed by atoms with E-state index in [9.17, 15) is 30.6 Å². The number of hydrogen-bond acceptors (Lipinski definition) is 6. The molecule has 148 valence electrons. The second-order valence-electron chi connectivity index (χ2n) is 6.32. The molecule has 0 aliphatic heterocycles. The second kappa shape index (κ2) is 9.95. The number of rotatable bonds is 10. The minimum atomic E-state index is -1.28. The third kappa shape index (κ3) is 6.31. The third-order valence-corrected chi connectivity index (χ3v) is 4.17. The molecule has 0 saturated heterocycles. The van der Waals surface area contributed by atoms with E-state index in [1.165, 1.54) is 0 Å². The van der Waals surface area contributed by atoms with Crippen molar-refractivity contribution < 1.29 is 19.6 Å². The van der Waals surface area contributed by atoms with Gasteiger partial charge >= 0.3 is 0 Å². The Bertz CT molecular complexity index is 759. The maximum absolute atomic E-state index is 12.6. The molecule has 0 spiro atoms. The van der Waals surface area contributed by atoms with Gasteiger partial charge in [-0.15, -0.1) is 0 Å². The molecule has 0 saturated carbocycles. The summed E-state index contributed by atoms with van der Waals surface area (Å²) >= 11 is 0. The first-order valence-corrected chi connectivity index (χ1v) is 8.61. The molecule has 2 unspecified atom stereocenters. The van der Waals surface area contributed by atoms with Crippen LogP contribution in [0.4, 0.5) is 0 Å². The monoisotopic (exact) mass is 388 g/mol. The van der Waals surface area contributed by atoms with Crippen molar-refractivity contribution in [3.05, 3.63) is 102 Å². The Morgan fingerprint density at radius 1 is 0.607 bits per heavy atom. The van der Waals surface area contributed by atoms with Crippen LogP contribution >= 0.6 is 0 Å². The standard InChI is InChI=1S/C18H20N4O6/c23-19(24)13-17(11-15-7-3-1-4-8-15)21(27)22(28)18(14-20(25)26)12-16-9-5-2-6-10-16/h1-10,17-18H,11-14H2/b22-21+. The number of hydroxylamine groups is 2. The molecule has 0 heterocycles. The van der Waals surface area contributed by atoms with Gasteiger partial charge in [-0.25, -0.2) is 0 Å². The summed E-state index contributed by atoms with van der Waals surface area (Å²) in [6.07, 6.45) is -0.0544. The number of nitrogens with zero attached hydrogens (tertiary/aromatic N) is 4. The Kier molecular flexibility index (Phi) is 7.37. The predicted octanol–water partition coefficient (Wildman–Crippen LogP) is 2.24. The van der Waals surface area contributed by atoms with Crippen molar-refractivity contribution in [2.45, 2.75) is 24.9 Å². The molecule has 0 bridgehead atoms. The van der Waals surface area contributed by atoms with Crippen LogP contribution in [0.2, 0.25) is 0 Å². The molecule has 10 nitrogen and oxygen atoms in total. The molecule has 0 aliphatic rings. The normalized spacial score (nSPS) is 14.0. The Balaban J connectivity index is 2.31. The molecule has 0 aliphatic carbocycles. The topological polar surface area (TPSA) is 138 Å². The van der Waals surface area contributed by atoms with E-state index in [2.05, 4.69) is 0 Å². The molecular formula is C18H20N4O6. The highest BCUT2D eigenvalue weighted by molar-refractivity contribution is 5.16. The lowest BCUT2D eigenvalue weighted by Gasteiger charge is -2.15. The summed E-state index contributed by atoms with van der Waals surface area (Å²) in [5.41, 5.74) is 1.30. The van der Waals surface area contributed by atoms with E-state index < -0.39 is 35.0 Å². The highest BCUT2D eigenvalue weighted by Crippen LogP contribution is 2.10. The molecule has 0 radical (unpaired) electrons. The van der Waals surface area contributed by atoms with Gasteiger partial charge in [-0.05, 0) is 11.1 Å². The van der Waals surface area contributed by atoms with E-state index in [0.717, 1.165) is 0 Å². The largest absolute Gasteiger partial charge is 0.567 e. The zero-order chi connectivity index (χ0) is 20.5.